The number of nitrogens with zero attached hydrogens (tertiary/aromatic N) is 1. The molecule has 1 rings (SSSR count). The molecule has 0 amide bonds. The molecule has 0 aliphatic rings. The summed E-state index contributed by atoms with van der Waals surface area (Å²) < 4.78 is 5.48. The van der Waals surface area contributed by atoms with Crippen molar-refractivity contribution in [2.45, 2.75) is 20.0 Å². The van der Waals surface area contributed by atoms with E-state index in [4.69, 9.17) is 10.00 Å². The van der Waals surface area contributed by atoms with Crippen LogP contribution >= 0.6 is 0 Å². The second kappa shape index (κ2) is 6.17. The van der Waals surface area contributed by atoms with E-state index >= 15 is 0 Å². The zero-order valence-electron chi connectivity index (χ0n) is 8.44. The average molecular weight is 189 g/mol. The molecule has 0 N–H and O–H groups in total. The Labute approximate surface area is 85.1 Å². The first-order valence-corrected chi connectivity index (χ1v) is 4.81. The Morgan fingerprint density at radius 2 is 2.07 bits per heavy atom. The molecular formula is C12H15NO. The number of hydrogen-bond donors (Lipinski definition) is 0. The molecule has 14 heavy (non-hydrogen) atoms. The second-order valence-electron chi connectivity index (χ2n) is 3.47. The van der Waals surface area contributed by atoms with Gasteiger partial charge in [0.2, 0.25) is 0 Å². The molecule has 0 aliphatic heterocycles. The van der Waals surface area contributed by atoms with Crippen LogP contribution in [-0.2, 0) is 11.3 Å². The summed E-state index contributed by atoms with van der Waals surface area (Å²) in [6, 6.07) is 12.2. The van der Waals surface area contributed by atoms with Gasteiger partial charge in [0.15, 0.2) is 0 Å². The van der Waals surface area contributed by atoms with Gasteiger partial charge in [0.25, 0.3) is 0 Å². The molecule has 0 spiro atoms. The van der Waals surface area contributed by atoms with Crippen LogP contribution in [0.15, 0.2) is 30.3 Å². The lowest BCUT2D eigenvalue weighted by Crippen LogP contribution is -2.04. The third kappa shape index (κ3) is 4.06. The fourth-order valence-electron chi connectivity index (χ4n) is 1.17. The van der Waals surface area contributed by atoms with Crippen molar-refractivity contribution in [2.24, 2.45) is 5.92 Å². The maximum absolute atomic E-state index is 8.45. The third-order valence-corrected chi connectivity index (χ3v) is 1.95. The lowest BCUT2D eigenvalue weighted by molar-refractivity contribution is 0.0933. The van der Waals surface area contributed by atoms with Crippen LogP contribution in [-0.4, -0.2) is 6.61 Å². The minimum absolute atomic E-state index is 0.323. The SMILES string of the molecule is CC(CC#N)COCc1ccccc1. The first kappa shape index (κ1) is 10.7. The van der Waals surface area contributed by atoms with E-state index in [2.05, 4.69) is 6.07 Å². The lowest BCUT2D eigenvalue weighted by atomic mass is 10.1. The topological polar surface area (TPSA) is 33.0 Å². The zero-order valence-corrected chi connectivity index (χ0v) is 8.44. The number of hydrogen-bond acceptors (Lipinski definition) is 2. The van der Waals surface area contributed by atoms with E-state index in [1.165, 1.54) is 5.56 Å². The molecular weight excluding hydrogens is 174 g/mol. The van der Waals surface area contributed by atoms with Gasteiger partial charge < -0.3 is 4.74 Å². The Hall–Kier alpha value is -1.33. The molecule has 0 fully saturated rings. The summed E-state index contributed by atoms with van der Waals surface area (Å²) in [5.74, 6) is 0.323. The van der Waals surface area contributed by atoms with Crippen LogP contribution in [0.25, 0.3) is 0 Å². The molecule has 0 radical (unpaired) electrons. The monoisotopic (exact) mass is 189 g/mol. The Balaban J connectivity index is 2.19. The van der Waals surface area contributed by atoms with Crippen molar-refractivity contribution in [1.82, 2.24) is 0 Å². The van der Waals surface area contributed by atoms with Gasteiger partial charge in [-0.2, -0.15) is 5.26 Å². The highest BCUT2D eigenvalue weighted by Crippen LogP contribution is 2.05. The molecule has 0 heterocycles. The number of benzene rings is 1. The predicted molar refractivity (Wildman–Crippen MR) is 55.5 cm³/mol. The van der Waals surface area contributed by atoms with E-state index in [0.717, 1.165) is 0 Å². The first-order valence-electron chi connectivity index (χ1n) is 4.81. The molecule has 0 saturated heterocycles. The van der Waals surface area contributed by atoms with Crippen molar-refractivity contribution in [3.8, 4) is 6.07 Å². The van der Waals surface area contributed by atoms with Crippen molar-refractivity contribution in [2.75, 3.05) is 6.61 Å². The van der Waals surface area contributed by atoms with Gasteiger partial charge in [0, 0.05) is 6.42 Å². The fourth-order valence-corrected chi connectivity index (χ4v) is 1.17. The minimum Gasteiger partial charge on any atom is -0.376 e. The van der Waals surface area contributed by atoms with Crippen molar-refractivity contribution in [3.05, 3.63) is 35.9 Å². The van der Waals surface area contributed by atoms with Gasteiger partial charge in [-0.25, -0.2) is 0 Å². The van der Waals surface area contributed by atoms with E-state index in [9.17, 15) is 0 Å². The standard InChI is InChI=1S/C12H15NO/c1-11(7-8-13)9-14-10-12-5-3-2-4-6-12/h2-6,11H,7,9-10H2,1H3. The van der Waals surface area contributed by atoms with E-state index in [1.807, 2.05) is 37.3 Å². The summed E-state index contributed by atoms with van der Waals surface area (Å²) in [6.45, 7) is 3.31. The first-order chi connectivity index (χ1) is 6.83. The van der Waals surface area contributed by atoms with Crippen molar-refractivity contribution in [1.29, 1.82) is 5.26 Å². The van der Waals surface area contributed by atoms with Crippen LogP contribution in [0.5, 0.6) is 0 Å². The van der Waals surface area contributed by atoms with E-state index < -0.39 is 0 Å². The van der Waals surface area contributed by atoms with E-state index in [0.29, 0.717) is 25.6 Å². The van der Waals surface area contributed by atoms with E-state index in [-0.39, 0.29) is 0 Å². The highest BCUT2D eigenvalue weighted by molar-refractivity contribution is 5.13. The van der Waals surface area contributed by atoms with Gasteiger partial charge >= 0.3 is 0 Å². The summed E-state index contributed by atoms with van der Waals surface area (Å²) in [5.41, 5.74) is 1.18. The van der Waals surface area contributed by atoms with Crippen LogP contribution in [0.1, 0.15) is 18.9 Å². The second-order valence-corrected chi connectivity index (χ2v) is 3.47. The van der Waals surface area contributed by atoms with Gasteiger partial charge in [0.05, 0.1) is 19.3 Å². The van der Waals surface area contributed by atoms with Crippen LogP contribution < -0.4 is 0 Å². The van der Waals surface area contributed by atoms with E-state index in [1.54, 1.807) is 0 Å². The van der Waals surface area contributed by atoms with Crippen molar-refractivity contribution < 1.29 is 4.74 Å². The Bertz CT molecular complexity index is 289. The number of rotatable bonds is 5. The molecule has 2 nitrogen and oxygen atoms in total. The quantitative estimate of drug-likeness (QED) is 0.713. The summed E-state index contributed by atoms with van der Waals surface area (Å²) in [7, 11) is 0. The van der Waals surface area contributed by atoms with Crippen molar-refractivity contribution >= 4 is 0 Å². The predicted octanol–water partition coefficient (Wildman–Crippen LogP) is 2.75. The normalized spacial score (nSPS) is 12.0. The van der Waals surface area contributed by atoms with Crippen LogP contribution in [0, 0.1) is 17.2 Å². The van der Waals surface area contributed by atoms with Crippen LogP contribution in [0.2, 0.25) is 0 Å². The molecule has 1 unspecified atom stereocenters. The van der Waals surface area contributed by atoms with Gasteiger partial charge in [-0.15, -0.1) is 0 Å². The summed E-state index contributed by atoms with van der Waals surface area (Å²) in [4.78, 5) is 0. The summed E-state index contributed by atoms with van der Waals surface area (Å²) in [5, 5.41) is 8.45. The number of nitriles is 1. The molecule has 74 valence electrons. The van der Waals surface area contributed by atoms with Crippen LogP contribution in [0.3, 0.4) is 0 Å². The number of ether oxygens (including phenoxy) is 1. The molecule has 0 aromatic heterocycles. The molecule has 1 aromatic rings. The molecule has 0 aliphatic carbocycles. The van der Waals surface area contributed by atoms with Crippen LogP contribution in [0.4, 0.5) is 0 Å². The zero-order chi connectivity index (χ0) is 10.2. The maximum atomic E-state index is 8.45. The average Bonchev–Trinajstić information content (AvgIpc) is 2.20. The Morgan fingerprint density at radius 1 is 1.36 bits per heavy atom. The molecule has 1 aromatic carbocycles. The van der Waals surface area contributed by atoms with Gasteiger partial charge in [-0.05, 0) is 11.5 Å². The molecule has 0 bridgehead atoms. The van der Waals surface area contributed by atoms with Gasteiger partial charge in [-0.3, -0.25) is 0 Å². The molecule has 2 heteroatoms. The smallest absolute Gasteiger partial charge is 0.0717 e. The highest BCUT2D eigenvalue weighted by Gasteiger charge is 2.00. The van der Waals surface area contributed by atoms with Gasteiger partial charge in [0.1, 0.15) is 0 Å². The molecule has 1 atom stereocenters. The Morgan fingerprint density at radius 3 is 2.71 bits per heavy atom. The summed E-state index contributed by atoms with van der Waals surface area (Å²) >= 11 is 0. The van der Waals surface area contributed by atoms with Gasteiger partial charge in [-0.1, -0.05) is 37.3 Å². The largest absolute Gasteiger partial charge is 0.376 e. The maximum Gasteiger partial charge on any atom is 0.0717 e. The highest BCUT2D eigenvalue weighted by atomic mass is 16.5. The molecule has 0 saturated carbocycles. The minimum atomic E-state index is 0.323. The van der Waals surface area contributed by atoms with Crippen molar-refractivity contribution in [3.63, 3.8) is 0 Å². The fraction of sp³-hybridized carbons (Fsp3) is 0.417. The summed E-state index contributed by atoms with van der Waals surface area (Å²) in [6.07, 6.45) is 0.564. The third-order valence-electron chi connectivity index (χ3n) is 1.95. The Kier molecular flexibility index (Phi) is 4.74. The lowest BCUT2D eigenvalue weighted by Gasteiger charge is -2.08.